The monoisotopic (exact) mass is 234 g/mol. The van der Waals surface area contributed by atoms with Gasteiger partial charge in [-0.2, -0.15) is 0 Å². The zero-order valence-electron chi connectivity index (χ0n) is 9.36. The lowest BCUT2D eigenvalue weighted by Crippen LogP contribution is -1.96. The molecule has 3 nitrogen and oxygen atoms in total. The lowest BCUT2D eigenvalue weighted by Gasteiger charge is -2.08. The number of hydrogen-bond donors (Lipinski definition) is 1. The second-order valence-corrected chi connectivity index (χ2v) is 4.39. The number of nitrogens with zero attached hydrogens (tertiary/aromatic N) is 1. The first kappa shape index (κ1) is 11.1. The van der Waals surface area contributed by atoms with Gasteiger partial charge >= 0.3 is 0 Å². The van der Waals surface area contributed by atoms with Crippen molar-refractivity contribution in [2.75, 3.05) is 7.11 Å². The molecule has 0 aliphatic heterocycles. The van der Waals surface area contributed by atoms with Gasteiger partial charge in [-0.1, -0.05) is 6.07 Å². The summed E-state index contributed by atoms with van der Waals surface area (Å²) in [6.07, 6.45) is 1.82. The molecule has 0 fully saturated rings. The van der Waals surface area contributed by atoms with E-state index in [1.165, 1.54) is 17.1 Å². The molecule has 1 aromatic carbocycles. The molecule has 0 saturated carbocycles. The van der Waals surface area contributed by atoms with E-state index in [0.29, 0.717) is 6.54 Å². The normalized spacial score (nSPS) is 10.4. The van der Waals surface area contributed by atoms with Crippen LogP contribution in [0.3, 0.4) is 0 Å². The number of methoxy groups -OCH3 is 1. The molecule has 1 heterocycles. The van der Waals surface area contributed by atoms with E-state index in [9.17, 15) is 0 Å². The molecule has 16 heavy (non-hydrogen) atoms. The molecule has 0 unspecified atom stereocenters. The molecule has 1 aromatic heterocycles. The van der Waals surface area contributed by atoms with Crippen LogP contribution < -0.4 is 10.5 Å². The van der Waals surface area contributed by atoms with Gasteiger partial charge in [0.05, 0.1) is 12.0 Å². The number of rotatable bonds is 3. The van der Waals surface area contributed by atoms with Crippen molar-refractivity contribution in [3.05, 3.63) is 35.5 Å². The van der Waals surface area contributed by atoms with Gasteiger partial charge in [0.15, 0.2) is 0 Å². The van der Waals surface area contributed by atoms with Crippen LogP contribution in [0.2, 0.25) is 0 Å². The fourth-order valence-corrected chi connectivity index (χ4v) is 2.42. The second-order valence-electron chi connectivity index (χ2n) is 3.59. The summed E-state index contributed by atoms with van der Waals surface area (Å²) in [7, 11) is 1.68. The van der Waals surface area contributed by atoms with E-state index < -0.39 is 0 Å². The molecule has 84 valence electrons. The van der Waals surface area contributed by atoms with E-state index in [0.717, 1.165) is 21.8 Å². The maximum Gasteiger partial charge on any atom is 0.127 e. The van der Waals surface area contributed by atoms with Gasteiger partial charge in [0.1, 0.15) is 5.75 Å². The Morgan fingerprint density at radius 1 is 1.44 bits per heavy atom. The van der Waals surface area contributed by atoms with E-state index >= 15 is 0 Å². The van der Waals surface area contributed by atoms with Crippen LogP contribution in [0.15, 0.2) is 24.4 Å². The largest absolute Gasteiger partial charge is 0.496 e. The van der Waals surface area contributed by atoms with E-state index in [-0.39, 0.29) is 0 Å². The van der Waals surface area contributed by atoms with Crippen LogP contribution in [-0.2, 0) is 6.54 Å². The van der Waals surface area contributed by atoms with Gasteiger partial charge in [-0.05, 0) is 36.2 Å². The molecule has 0 aliphatic carbocycles. The standard InChI is InChI=1S/C12H14N2OS/c1-8-3-4-10(11(5-8)15-2)12-9(6-13)7-14-16-12/h3-5,7H,6,13H2,1-2H3. The van der Waals surface area contributed by atoms with Crippen LogP contribution in [0, 0.1) is 6.92 Å². The number of aryl methyl sites for hydroxylation is 1. The predicted octanol–water partition coefficient (Wildman–Crippen LogP) is 2.59. The van der Waals surface area contributed by atoms with Crippen molar-refractivity contribution in [1.82, 2.24) is 4.37 Å². The summed E-state index contributed by atoms with van der Waals surface area (Å²) in [5.74, 6) is 0.874. The zero-order chi connectivity index (χ0) is 11.5. The summed E-state index contributed by atoms with van der Waals surface area (Å²) in [5, 5.41) is 0. The maximum absolute atomic E-state index is 5.68. The zero-order valence-corrected chi connectivity index (χ0v) is 10.2. The van der Waals surface area contributed by atoms with Crippen LogP contribution in [-0.4, -0.2) is 11.5 Å². The van der Waals surface area contributed by atoms with Gasteiger partial charge in [-0.25, -0.2) is 4.37 Å². The Balaban J connectivity index is 2.55. The molecule has 2 aromatic rings. The lowest BCUT2D eigenvalue weighted by molar-refractivity contribution is 0.416. The van der Waals surface area contributed by atoms with Crippen LogP contribution in [0.4, 0.5) is 0 Å². The van der Waals surface area contributed by atoms with Gasteiger partial charge in [0, 0.05) is 23.9 Å². The molecule has 0 radical (unpaired) electrons. The number of nitrogens with two attached hydrogens (primary N) is 1. The fraction of sp³-hybridized carbons (Fsp3) is 0.250. The molecule has 0 aliphatic rings. The van der Waals surface area contributed by atoms with Crippen molar-refractivity contribution in [2.24, 2.45) is 5.73 Å². The summed E-state index contributed by atoms with van der Waals surface area (Å²) in [4.78, 5) is 1.10. The third kappa shape index (κ3) is 1.94. The SMILES string of the molecule is COc1cc(C)ccc1-c1sncc1CN. The van der Waals surface area contributed by atoms with Crippen molar-refractivity contribution < 1.29 is 4.74 Å². The molecular formula is C12H14N2OS. The summed E-state index contributed by atoms with van der Waals surface area (Å²) >= 11 is 1.45. The van der Waals surface area contributed by atoms with Gasteiger partial charge < -0.3 is 10.5 Å². The topological polar surface area (TPSA) is 48.1 Å². The Morgan fingerprint density at radius 2 is 2.25 bits per heavy atom. The van der Waals surface area contributed by atoms with E-state index in [2.05, 4.69) is 16.5 Å². The number of ether oxygens (including phenoxy) is 1. The number of aromatic nitrogens is 1. The molecule has 0 atom stereocenters. The molecule has 4 heteroatoms. The number of benzene rings is 1. The summed E-state index contributed by atoms with van der Waals surface area (Å²) in [6.45, 7) is 2.55. The average molecular weight is 234 g/mol. The van der Waals surface area contributed by atoms with Crippen molar-refractivity contribution in [3.63, 3.8) is 0 Å². The Kier molecular flexibility index (Phi) is 3.22. The van der Waals surface area contributed by atoms with Crippen molar-refractivity contribution in [2.45, 2.75) is 13.5 Å². The summed E-state index contributed by atoms with van der Waals surface area (Å²) < 4.78 is 9.56. The highest BCUT2D eigenvalue weighted by atomic mass is 32.1. The van der Waals surface area contributed by atoms with E-state index in [1.807, 2.05) is 19.2 Å². The Bertz CT molecular complexity index is 494. The minimum absolute atomic E-state index is 0.503. The molecule has 0 saturated heterocycles. The Hall–Kier alpha value is -1.39. The second kappa shape index (κ2) is 4.63. The van der Waals surface area contributed by atoms with Gasteiger partial charge in [0.2, 0.25) is 0 Å². The first-order chi connectivity index (χ1) is 7.76. The van der Waals surface area contributed by atoms with Gasteiger partial charge in [-0.3, -0.25) is 0 Å². The maximum atomic E-state index is 5.68. The first-order valence-corrected chi connectivity index (χ1v) is 5.82. The minimum atomic E-state index is 0.503. The summed E-state index contributed by atoms with van der Waals surface area (Å²) in [5.41, 5.74) is 8.99. The van der Waals surface area contributed by atoms with Crippen LogP contribution in [0.5, 0.6) is 5.75 Å². The molecule has 0 bridgehead atoms. The summed E-state index contributed by atoms with van der Waals surface area (Å²) in [6, 6.07) is 6.15. The predicted molar refractivity (Wildman–Crippen MR) is 66.7 cm³/mol. The highest BCUT2D eigenvalue weighted by Crippen LogP contribution is 2.35. The van der Waals surface area contributed by atoms with Crippen molar-refractivity contribution in [3.8, 4) is 16.2 Å². The fourth-order valence-electron chi connectivity index (χ4n) is 1.61. The quantitative estimate of drug-likeness (QED) is 0.888. The number of hydrogen-bond acceptors (Lipinski definition) is 4. The molecule has 2 N–H and O–H groups in total. The highest BCUT2D eigenvalue weighted by molar-refractivity contribution is 7.09. The highest BCUT2D eigenvalue weighted by Gasteiger charge is 2.11. The first-order valence-electron chi connectivity index (χ1n) is 5.05. The van der Waals surface area contributed by atoms with Gasteiger partial charge in [0.25, 0.3) is 0 Å². The Labute approximate surface area is 99.0 Å². The van der Waals surface area contributed by atoms with Crippen LogP contribution >= 0.6 is 11.5 Å². The van der Waals surface area contributed by atoms with Gasteiger partial charge in [-0.15, -0.1) is 0 Å². The van der Waals surface area contributed by atoms with E-state index in [1.54, 1.807) is 7.11 Å². The van der Waals surface area contributed by atoms with Crippen LogP contribution in [0.25, 0.3) is 10.4 Å². The Morgan fingerprint density at radius 3 is 2.94 bits per heavy atom. The average Bonchev–Trinajstić information content (AvgIpc) is 2.76. The lowest BCUT2D eigenvalue weighted by atomic mass is 10.1. The smallest absolute Gasteiger partial charge is 0.127 e. The molecular weight excluding hydrogens is 220 g/mol. The van der Waals surface area contributed by atoms with Crippen LogP contribution in [0.1, 0.15) is 11.1 Å². The van der Waals surface area contributed by atoms with E-state index in [4.69, 9.17) is 10.5 Å². The molecule has 2 rings (SSSR count). The molecule has 0 spiro atoms. The minimum Gasteiger partial charge on any atom is -0.496 e. The van der Waals surface area contributed by atoms with Crippen molar-refractivity contribution >= 4 is 11.5 Å². The third-order valence-electron chi connectivity index (χ3n) is 2.47. The third-order valence-corrected chi connectivity index (χ3v) is 3.34. The van der Waals surface area contributed by atoms with Crippen molar-refractivity contribution in [1.29, 1.82) is 0 Å². The molecule has 0 amide bonds.